The van der Waals surface area contributed by atoms with Crippen molar-refractivity contribution in [1.29, 1.82) is 0 Å². The highest BCUT2D eigenvalue weighted by molar-refractivity contribution is 4.79. The summed E-state index contributed by atoms with van der Waals surface area (Å²) in [6.07, 6.45) is 0. The summed E-state index contributed by atoms with van der Waals surface area (Å²) in [5, 5.41) is 3.52. The van der Waals surface area contributed by atoms with Crippen LogP contribution in [0.5, 0.6) is 0 Å². The van der Waals surface area contributed by atoms with E-state index >= 15 is 0 Å². The third-order valence-corrected chi connectivity index (χ3v) is 3.29. The summed E-state index contributed by atoms with van der Waals surface area (Å²) in [7, 11) is 5.24. The first-order chi connectivity index (χ1) is 9.56. The highest BCUT2D eigenvalue weighted by Crippen LogP contribution is 2.07. The van der Waals surface area contributed by atoms with Crippen LogP contribution in [0.4, 0.5) is 0 Å². The summed E-state index contributed by atoms with van der Waals surface area (Å²) < 4.78 is 15.9. The van der Waals surface area contributed by atoms with Gasteiger partial charge in [0.05, 0.1) is 19.8 Å². The lowest BCUT2D eigenvalue weighted by molar-refractivity contribution is 0.0174. The number of hydrogen-bond acceptors (Lipinski definition) is 5. The van der Waals surface area contributed by atoms with E-state index in [0.717, 1.165) is 26.2 Å². The zero-order chi connectivity index (χ0) is 15.4. The van der Waals surface area contributed by atoms with E-state index in [1.54, 1.807) is 21.3 Å². The third kappa shape index (κ3) is 8.87. The average molecular weight is 290 g/mol. The molecule has 0 aliphatic rings. The Morgan fingerprint density at radius 3 is 2.05 bits per heavy atom. The van der Waals surface area contributed by atoms with Gasteiger partial charge >= 0.3 is 0 Å². The van der Waals surface area contributed by atoms with Crippen molar-refractivity contribution in [2.75, 3.05) is 60.8 Å². The predicted octanol–water partition coefficient (Wildman–Crippen LogP) is 1.23. The molecule has 5 nitrogen and oxygen atoms in total. The smallest absolute Gasteiger partial charge is 0.0630 e. The van der Waals surface area contributed by atoms with E-state index in [2.05, 4.69) is 31.0 Å². The number of rotatable bonds is 13. The van der Waals surface area contributed by atoms with E-state index < -0.39 is 0 Å². The highest BCUT2D eigenvalue weighted by atomic mass is 16.5. The van der Waals surface area contributed by atoms with Crippen molar-refractivity contribution in [2.24, 2.45) is 5.92 Å². The molecule has 0 bridgehead atoms. The molecule has 0 saturated carbocycles. The summed E-state index contributed by atoms with van der Waals surface area (Å²) in [5.74, 6) is 0.655. The summed E-state index contributed by atoms with van der Waals surface area (Å²) in [6.45, 7) is 11.6. The minimum absolute atomic E-state index is 0.332. The maximum absolute atomic E-state index is 5.39. The quantitative estimate of drug-likeness (QED) is 0.553. The molecule has 2 atom stereocenters. The lowest BCUT2D eigenvalue weighted by atomic mass is 10.1. The molecule has 0 radical (unpaired) electrons. The first-order valence-electron chi connectivity index (χ1n) is 7.50. The number of nitrogens with zero attached hydrogens (tertiary/aromatic N) is 1. The molecule has 0 aromatic rings. The molecular formula is C15H34N2O3. The van der Waals surface area contributed by atoms with Gasteiger partial charge < -0.3 is 19.5 Å². The van der Waals surface area contributed by atoms with Crippen molar-refractivity contribution in [1.82, 2.24) is 10.2 Å². The van der Waals surface area contributed by atoms with Gasteiger partial charge in [0.15, 0.2) is 0 Å². The van der Waals surface area contributed by atoms with Gasteiger partial charge in [0.1, 0.15) is 0 Å². The number of methoxy groups -OCH3 is 3. The lowest BCUT2D eigenvalue weighted by Gasteiger charge is -2.36. The summed E-state index contributed by atoms with van der Waals surface area (Å²) >= 11 is 0. The minimum Gasteiger partial charge on any atom is -0.383 e. The molecule has 122 valence electrons. The molecule has 0 saturated heterocycles. The molecule has 0 aromatic heterocycles. The normalized spacial score (nSPS) is 15.0. The molecule has 0 aliphatic carbocycles. The Labute approximate surface area is 124 Å². The Morgan fingerprint density at radius 1 is 0.900 bits per heavy atom. The number of ether oxygens (including phenoxy) is 3. The van der Waals surface area contributed by atoms with Gasteiger partial charge in [-0.3, -0.25) is 4.90 Å². The second-order valence-electron chi connectivity index (χ2n) is 5.70. The molecule has 1 N–H and O–H groups in total. The van der Waals surface area contributed by atoms with Gasteiger partial charge in [-0.2, -0.15) is 0 Å². The van der Waals surface area contributed by atoms with Gasteiger partial charge in [-0.25, -0.2) is 0 Å². The Bertz CT molecular complexity index is 215. The zero-order valence-electron chi connectivity index (χ0n) is 14.1. The summed E-state index contributed by atoms with van der Waals surface area (Å²) in [6, 6.07) is 0.676. The molecule has 0 heterocycles. The standard InChI is InChI=1S/C15H34N2O3/c1-13(2)9-16-10-15(12-20-6)17(7-8-18-4)14(3)11-19-5/h13-16H,7-12H2,1-6H3. The van der Waals surface area contributed by atoms with E-state index in [1.807, 2.05) is 0 Å². The van der Waals surface area contributed by atoms with E-state index in [-0.39, 0.29) is 0 Å². The van der Waals surface area contributed by atoms with Crippen LogP contribution in [0, 0.1) is 5.92 Å². The van der Waals surface area contributed by atoms with Crippen LogP contribution in [0.1, 0.15) is 20.8 Å². The molecule has 5 heteroatoms. The first kappa shape index (κ1) is 19.8. The van der Waals surface area contributed by atoms with E-state index in [1.165, 1.54) is 0 Å². The van der Waals surface area contributed by atoms with Crippen LogP contribution in [-0.2, 0) is 14.2 Å². The molecular weight excluding hydrogens is 256 g/mol. The molecule has 0 rings (SSSR count). The number of nitrogens with one attached hydrogen (secondary N) is 1. The molecule has 2 unspecified atom stereocenters. The summed E-state index contributed by atoms with van der Waals surface area (Å²) in [5.41, 5.74) is 0. The zero-order valence-corrected chi connectivity index (χ0v) is 14.1. The molecule has 0 amide bonds. The molecule has 0 fully saturated rings. The van der Waals surface area contributed by atoms with Gasteiger partial charge in [0, 0.05) is 46.5 Å². The Kier molecular flexibility index (Phi) is 12.4. The lowest BCUT2D eigenvalue weighted by Crippen LogP contribution is -2.52. The third-order valence-electron chi connectivity index (χ3n) is 3.29. The van der Waals surface area contributed by atoms with Crippen LogP contribution in [0.25, 0.3) is 0 Å². The Hall–Kier alpha value is -0.200. The summed E-state index contributed by atoms with van der Waals surface area (Å²) in [4.78, 5) is 2.41. The maximum atomic E-state index is 5.39. The van der Waals surface area contributed by atoms with E-state index in [0.29, 0.717) is 31.2 Å². The Morgan fingerprint density at radius 2 is 1.55 bits per heavy atom. The van der Waals surface area contributed by atoms with Crippen molar-refractivity contribution in [3.8, 4) is 0 Å². The van der Waals surface area contributed by atoms with Crippen LogP contribution >= 0.6 is 0 Å². The van der Waals surface area contributed by atoms with Gasteiger partial charge in [-0.1, -0.05) is 13.8 Å². The maximum Gasteiger partial charge on any atom is 0.0630 e. The van der Waals surface area contributed by atoms with Crippen molar-refractivity contribution in [3.63, 3.8) is 0 Å². The SMILES string of the molecule is COCCN(C(C)COC)C(CNCC(C)C)COC. The number of hydrogen-bond donors (Lipinski definition) is 1. The van der Waals surface area contributed by atoms with Crippen molar-refractivity contribution in [2.45, 2.75) is 32.9 Å². The fraction of sp³-hybridized carbons (Fsp3) is 1.00. The first-order valence-corrected chi connectivity index (χ1v) is 7.50. The second kappa shape index (κ2) is 12.5. The largest absolute Gasteiger partial charge is 0.383 e. The predicted molar refractivity (Wildman–Crippen MR) is 83.3 cm³/mol. The van der Waals surface area contributed by atoms with Crippen molar-refractivity contribution >= 4 is 0 Å². The van der Waals surface area contributed by atoms with E-state index in [9.17, 15) is 0 Å². The van der Waals surface area contributed by atoms with Gasteiger partial charge in [0.2, 0.25) is 0 Å². The fourth-order valence-corrected chi connectivity index (χ4v) is 2.30. The second-order valence-corrected chi connectivity index (χ2v) is 5.70. The van der Waals surface area contributed by atoms with Crippen LogP contribution in [0.2, 0.25) is 0 Å². The van der Waals surface area contributed by atoms with Crippen molar-refractivity contribution < 1.29 is 14.2 Å². The highest BCUT2D eigenvalue weighted by Gasteiger charge is 2.23. The molecule has 20 heavy (non-hydrogen) atoms. The topological polar surface area (TPSA) is 43.0 Å². The van der Waals surface area contributed by atoms with Crippen molar-refractivity contribution in [3.05, 3.63) is 0 Å². The molecule has 0 aromatic carbocycles. The molecule has 0 aliphatic heterocycles. The van der Waals surface area contributed by atoms with Crippen LogP contribution in [-0.4, -0.2) is 77.8 Å². The molecule has 0 spiro atoms. The average Bonchev–Trinajstić information content (AvgIpc) is 2.39. The van der Waals surface area contributed by atoms with E-state index in [4.69, 9.17) is 14.2 Å². The van der Waals surface area contributed by atoms with Gasteiger partial charge in [0.25, 0.3) is 0 Å². The van der Waals surface area contributed by atoms with Gasteiger partial charge in [-0.05, 0) is 19.4 Å². The monoisotopic (exact) mass is 290 g/mol. The Balaban J connectivity index is 4.53. The van der Waals surface area contributed by atoms with Gasteiger partial charge in [-0.15, -0.1) is 0 Å². The van der Waals surface area contributed by atoms with Crippen LogP contribution < -0.4 is 5.32 Å². The van der Waals surface area contributed by atoms with Crippen LogP contribution in [0.3, 0.4) is 0 Å². The fourth-order valence-electron chi connectivity index (χ4n) is 2.30. The van der Waals surface area contributed by atoms with Crippen LogP contribution in [0.15, 0.2) is 0 Å². The minimum atomic E-state index is 0.332.